The molecule has 0 saturated carbocycles. The van der Waals surface area contributed by atoms with Crippen molar-refractivity contribution in [2.24, 2.45) is 0 Å². The van der Waals surface area contributed by atoms with Gasteiger partial charge in [0.15, 0.2) is 5.65 Å². The fourth-order valence-corrected chi connectivity index (χ4v) is 1.88. The van der Waals surface area contributed by atoms with Crippen LogP contribution in [0.4, 0.5) is 5.69 Å². The molecule has 0 aliphatic rings. The van der Waals surface area contributed by atoms with Gasteiger partial charge in [0.25, 0.3) is 0 Å². The predicted molar refractivity (Wildman–Crippen MR) is 69.4 cm³/mol. The van der Waals surface area contributed by atoms with Crippen LogP contribution in [0.3, 0.4) is 0 Å². The third kappa shape index (κ3) is 1.66. The SMILES string of the molecule is COc1ccc(-c2cn3ccncc3n2)cc1N. The molecule has 0 fully saturated rings. The van der Waals surface area contributed by atoms with Gasteiger partial charge in [0.05, 0.1) is 24.7 Å². The summed E-state index contributed by atoms with van der Waals surface area (Å²) in [5.41, 5.74) is 9.12. The van der Waals surface area contributed by atoms with Crippen molar-refractivity contribution in [2.75, 3.05) is 12.8 Å². The first kappa shape index (κ1) is 10.6. The topological polar surface area (TPSA) is 65.4 Å². The van der Waals surface area contributed by atoms with E-state index in [1.165, 1.54) is 0 Å². The summed E-state index contributed by atoms with van der Waals surface area (Å²) < 4.78 is 7.05. The molecule has 0 bridgehead atoms. The van der Waals surface area contributed by atoms with Gasteiger partial charge in [-0.1, -0.05) is 0 Å². The maximum absolute atomic E-state index is 5.89. The number of nitrogens with two attached hydrogens (primary N) is 1. The molecule has 3 rings (SSSR count). The number of ether oxygens (including phenoxy) is 1. The van der Waals surface area contributed by atoms with Gasteiger partial charge in [-0.25, -0.2) is 4.98 Å². The van der Waals surface area contributed by atoms with Crippen molar-refractivity contribution >= 4 is 11.3 Å². The molecule has 1 aromatic carbocycles. The Balaban J connectivity index is 2.11. The summed E-state index contributed by atoms with van der Waals surface area (Å²) in [4.78, 5) is 8.52. The molecule has 0 saturated heterocycles. The Morgan fingerprint density at radius 2 is 2.22 bits per heavy atom. The largest absolute Gasteiger partial charge is 0.495 e. The summed E-state index contributed by atoms with van der Waals surface area (Å²) in [6.07, 6.45) is 7.24. The summed E-state index contributed by atoms with van der Waals surface area (Å²) in [5.74, 6) is 0.671. The number of hydrogen-bond donors (Lipinski definition) is 1. The molecule has 90 valence electrons. The van der Waals surface area contributed by atoms with E-state index < -0.39 is 0 Å². The van der Waals surface area contributed by atoms with E-state index >= 15 is 0 Å². The molecule has 0 unspecified atom stereocenters. The van der Waals surface area contributed by atoms with Crippen LogP contribution in [-0.2, 0) is 0 Å². The maximum Gasteiger partial charge on any atom is 0.155 e. The fraction of sp³-hybridized carbons (Fsp3) is 0.0769. The van der Waals surface area contributed by atoms with Gasteiger partial charge in [-0.15, -0.1) is 0 Å². The third-order valence-corrected chi connectivity index (χ3v) is 2.79. The third-order valence-electron chi connectivity index (χ3n) is 2.79. The van der Waals surface area contributed by atoms with Crippen LogP contribution >= 0.6 is 0 Å². The number of aromatic nitrogens is 3. The predicted octanol–water partition coefficient (Wildman–Crippen LogP) is 1.99. The Bertz CT molecular complexity index is 672. The van der Waals surface area contributed by atoms with Crippen LogP contribution in [0, 0.1) is 0 Å². The number of hydrogen-bond acceptors (Lipinski definition) is 4. The Morgan fingerprint density at radius 1 is 1.33 bits per heavy atom. The highest BCUT2D eigenvalue weighted by Crippen LogP contribution is 2.27. The number of methoxy groups -OCH3 is 1. The van der Waals surface area contributed by atoms with Gasteiger partial charge in [-0.05, 0) is 18.2 Å². The van der Waals surface area contributed by atoms with Crippen molar-refractivity contribution in [3.05, 3.63) is 43.0 Å². The van der Waals surface area contributed by atoms with Gasteiger partial charge in [-0.2, -0.15) is 0 Å². The highest BCUT2D eigenvalue weighted by molar-refractivity contribution is 5.69. The van der Waals surface area contributed by atoms with E-state index in [1.54, 1.807) is 19.5 Å². The second kappa shape index (κ2) is 4.03. The van der Waals surface area contributed by atoms with Gasteiger partial charge in [0, 0.05) is 24.2 Å². The lowest BCUT2D eigenvalue weighted by molar-refractivity contribution is 0.417. The molecule has 0 amide bonds. The minimum absolute atomic E-state index is 0.602. The van der Waals surface area contributed by atoms with Gasteiger partial charge in [0.2, 0.25) is 0 Å². The second-order valence-electron chi connectivity index (χ2n) is 3.92. The Morgan fingerprint density at radius 3 is 2.94 bits per heavy atom. The maximum atomic E-state index is 5.89. The van der Waals surface area contributed by atoms with Crippen LogP contribution in [0.25, 0.3) is 16.9 Å². The summed E-state index contributed by atoms with van der Waals surface area (Å²) in [6, 6.07) is 5.63. The lowest BCUT2D eigenvalue weighted by Gasteiger charge is -2.05. The molecule has 2 heterocycles. The van der Waals surface area contributed by atoms with E-state index in [9.17, 15) is 0 Å². The first-order valence-corrected chi connectivity index (χ1v) is 5.50. The number of benzene rings is 1. The average molecular weight is 240 g/mol. The number of fused-ring (bicyclic) bond motifs is 1. The number of nitrogen functional groups attached to an aromatic ring is 1. The number of nitrogens with zero attached hydrogens (tertiary/aromatic N) is 3. The van der Waals surface area contributed by atoms with Crippen LogP contribution in [-0.4, -0.2) is 21.5 Å². The van der Waals surface area contributed by atoms with Gasteiger partial charge in [0.1, 0.15) is 5.75 Å². The van der Waals surface area contributed by atoms with Crippen LogP contribution in [0.1, 0.15) is 0 Å². The Labute approximate surface area is 104 Å². The van der Waals surface area contributed by atoms with E-state index in [0.717, 1.165) is 16.9 Å². The fourth-order valence-electron chi connectivity index (χ4n) is 1.88. The van der Waals surface area contributed by atoms with Crippen molar-refractivity contribution in [1.82, 2.24) is 14.4 Å². The molecule has 5 nitrogen and oxygen atoms in total. The Hall–Kier alpha value is -2.56. The molecular formula is C13H12N4O. The minimum atomic E-state index is 0.602. The Kier molecular flexibility index (Phi) is 2.37. The monoisotopic (exact) mass is 240 g/mol. The van der Waals surface area contributed by atoms with E-state index in [4.69, 9.17) is 10.5 Å². The van der Waals surface area contributed by atoms with E-state index in [1.807, 2.05) is 35.0 Å². The van der Waals surface area contributed by atoms with Gasteiger partial charge < -0.3 is 14.9 Å². The summed E-state index contributed by atoms with van der Waals surface area (Å²) in [6.45, 7) is 0. The van der Waals surface area contributed by atoms with E-state index in [0.29, 0.717) is 11.4 Å². The van der Waals surface area contributed by atoms with Crippen LogP contribution in [0.15, 0.2) is 43.0 Å². The first-order valence-electron chi connectivity index (χ1n) is 5.50. The van der Waals surface area contributed by atoms with Crippen molar-refractivity contribution in [3.63, 3.8) is 0 Å². The molecule has 0 atom stereocenters. The number of anilines is 1. The van der Waals surface area contributed by atoms with Gasteiger partial charge >= 0.3 is 0 Å². The van der Waals surface area contributed by atoms with Crippen molar-refractivity contribution in [3.8, 4) is 17.0 Å². The summed E-state index contributed by atoms with van der Waals surface area (Å²) >= 11 is 0. The minimum Gasteiger partial charge on any atom is -0.495 e. The van der Waals surface area contributed by atoms with Gasteiger partial charge in [-0.3, -0.25) is 4.98 Å². The zero-order valence-electron chi connectivity index (χ0n) is 9.87. The number of rotatable bonds is 2. The number of imidazole rings is 1. The second-order valence-corrected chi connectivity index (χ2v) is 3.92. The average Bonchev–Trinajstić information content (AvgIpc) is 2.82. The molecule has 3 aromatic rings. The molecule has 0 radical (unpaired) electrons. The zero-order chi connectivity index (χ0) is 12.5. The van der Waals surface area contributed by atoms with Crippen molar-refractivity contribution in [2.45, 2.75) is 0 Å². The van der Waals surface area contributed by atoms with Crippen molar-refractivity contribution < 1.29 is 4.74 Å². The van der Waals surface area contributed by atoms with E-state index in [2.05, 4.69) is 9.97 Å². The standard InChI is InChI=1S/C13H12N4O/c1-18-12-3-2-9(6-10(12)14)11-8-17-5-4-15-7-13(17)16-11/h2-8H,14H2,1H3. The van der Waals surface area contributed by atoms with Crippen molar-refractivity contribution in [1.29, 1.82) is 0 Å². The van der Waals surface area contributed by atoms with Crippen LogP contribution in [0.5, 0.6) is 5.75 Å². The summed E-state index contributed by atoms with van der Waals surface area (Å²) in [7, 11) is 1.60. The molecule has 5 heteroatoms. The smallest absolute Gasteiger partial charge is 0.155 e. The zero-order valence-corrected chi connectivity index (χ0v) is 9.87. The highest BCUT2D eigenvalue weighted by atomic mass is 16.5. The molecule has 0 aliphatic heterocycles. The molecule has 2 aromatic heterocycles. The normalized spacial score (nSPS) is 10.7. The lowest BCUT2D eigenvalue weighted by atomic mass is 10.1. The highest BCUT2D eigenvalue weighted by Gasteiger charge is 2.06. The van der Waals surface area contributed by atoms with Crippen LogP contribution in [0.2, 0.25) is 0 Å². The van der Waals surface area contributed by atoms with Crippen LogP contribution < -0.4 is 10.5 Å². The molecule has 0 aliphatic carbocycles. The molecule has 2 N–H and O–H groups in total. The van der Waals surface area contributed by atoms with E-state index in [-0.39, 0.29) is 0 Å². The lowest BCUT2D eigenvalue weighted by Crippen LogP contribution is -1.92. The molecular weight excluding hydrogens is 228 g/mol. The quantitative estimate of drug-likeness (QED) is 0.696. The molecule has 0 spiro atoms. The first-order chi connectivity index (χ1) is 8.78. The molecule has 18 heavy (non-hydrogen) atoms. The summed E-state index contributed by atoms with van der Waals surface area (Å²) in [5, 5.41) is 0.